The molecule has 1 N–H and O–H groups in total. The zero-order chi connectivity index (χ0) is 20.2. The van der Waals surface area contributed by atoms with Crippen LogP contribution in [0.1, 0.15) is 40.5 Å². The first-order valence-corrected chi connectivity index (χ1v) is 9.65. The monoisotopic (exact) mass is 410 g/mol. The molecule has 1 aliphatic rings. The summed E-state index contributed by atoms with van der Waals surface area (Å²) in [6.07, 6.45) is 2.10. The molecule has 2 bridgehead atoms. The maximum atomic E-state index is 12.8. The number of hydrogen-bond acceptors (Lipinski definition) is 5. The number of rotatable bonds is 3. The van der Waals surface area contributed by atoms with Gasteiger partial charge in [-0.15, -0.1) is 5.10 Å². The van der Waals surface area contributed by atoms with Gasteiger partial charge in [-0.1, -0.05) is 35.0 Å². The van der Waals surface area contributed by atoms with Gasteiger partial charge in [-0.3, -0.25) is 14.3 Å². The van der Waals surface area contributed by atoms with Crippen LogP contribution in [0.4, 0.5) is 0 Å². The second-order valence-electron chi connectivity index (χ2n) is 6.80. The van der Waals surface area contributed by atoms with E-state index in [1.54, 1.807) is 35.1 Å². The number of hydrogen-bond donors (Lipinski definition) is 1. The van der Waals surface area contributed by atoms with E-state index in [-0.39, 0.29) is 31.1 Å². The van der Waals surface area contributed by atoms with Crippen LogP contribution in [0.2, 0.25) is 5.02 Å². The van der Waals surface area contributed by atoms with Gasteiger partial charge in [0.1, 0.15) is 18.1 Å². The first kappa shape index (κ1) is 19.1. The number of carbonyl (C=O) groups is 2. The summed E-state index contributed by atoms with van der Waals surface area (Å²) >= 11 is 5.92. The van der Waals surface area contributed by atoms with Crippen molar-refractivity contribution in [1.82, 2.24) is 20.3 Å². The fourth-order valence-electron chi connectivity index (χ4n) is 3.23. The van der Waals surface area contributed by atoms with E-state index in [1.807, 2.05) is 24.3 Å². The lowest BCUT2D eigenvalue weighted by Gasteiger charge is -2.22. The Kier molecular flexibility index (Phi) is 5.57. The van der Waals surface area contributed by atoms with Crippen LogP contribution in [-0.4, -0.2) is 26.7 Å². The highest BCUT2D eigenvalue weighted by molar-refractivity contribution is 6.30. The fourth-order valence-corrected chi connectivity index (χ4v) is 3.35. The first-order valence-electron chi connectivity index (χ1n) is 9.27. The van der Waals surface area contributed by atoms with E-state index in [0.717, 1.165) is 5.56 Å². The predicted molar refractivity (Wildman–Crippen MR) is 107 cm³/mol. The van der Waals surface area contributed by atoms with Crippen LogP contribution in [0.3, 0.4) is 0 Å². The van der Waals surface area contributed by atoms with E-state index >= 15 is 0 Å². The minimum absolute atomic E-state index is 0.0922. The number of nitrogens with zero attached hydrogens (tertiary/aromatic N) is 3. The highest BCUT2D eigenvalue weighted by Crippen LogP contribution is 2.29. The Hall–Kier alpha value is -3.19. The number of aromatic nitrogens is 3. The quantitative estimate of drug-likeness (QED) is 0.669. The van der Waals surface area contributed by atoms with Gasteiger partial charge in [-0.05, 0) is 30.3 Å². The molecule has 0 aliphatic carbocycles. The highest BCUT2D eigenvalue weighted by atomic mass is 35.5. The SMILES string of the molecule is O=C1CCn2cc(nn2)COc2ccccc2C(CC(=O)c2ccc(Cl)cc2)N1. The number of benzene rings is 2. The molecule has 0 radical (unpaired) electrons. The molecule has 8 heteroatoms. The van der Waals surface area contributed by atoms with Crippen LogP contribution >= 0.6 is 11.6 Å². The van der Waals surface area contributed by atoms with E-state index in [2.05, 4.69) is 15.6 Å². The Morgan fingerprint density at radius 2 is 2.00 bits per heavy atom. The van der Waals surface area contributed by atoms with Crippen molar-refractivity contribution in [1.29, 1.82) is 0 Å². The standard InChI is InChI=1S/C21H19ClN4O3/c22-15-7-5-14(6-8-15)19(27)11-18-17-3-1-2-4-20(17)29-13-16-12-26(25-24-16)10-9-21(28)23-18/h1-8,12,18H,9-11,13H2,(H,23,28). The number of ketones is 1. The van der Waals surface area contributed by atoms with Crippen molar-refractivity contribution >= 4 is 23.3 Å². The second-order valence-corrected chi connectivity index (χ2v) is 7.24. The lowest BCUT2D eigenvalue weighted by atomic mass is 9.97. The van der Waals surface area contributed by atoms with Gasteiger partial charge < -0.3 is 10.1 Å². The lowest BCUT2D eigenvalue weighted by molar-refractivity contribution is -0.122. The largest absolute Gasteiger partial charge is 0.487 e. The normalized spacial score (nSPS) is 16.6. The molecule has 1 unspecified atom stereocenters. The van der Waals surface area contributed by atoms with Gasteiger partial charge in [0.2, 0.25) is 5.91 Å². The molecule has 7 nitrogen and oxygen atoms in total. The average Bonchev–Trinajstić information content (AvgIpc) is 3.18. The van der Waals surface area contributed by atoms with E-state index in [0.29, 0.717) is 28.6 Å². The third-order valence-electron chi connectivity index (χ3n) is 4.71. The smallest absolute Gasteiger partial charge is 0.222 e. The fraction of sp³-hybridized carbons (Fsp3) is 0.238. The van der Waals surface area contributed by atoms with Crippen molar-refractivity contribution in [2.24, 2.45) is 0 Å². The number of para-hydroxylation sites is 1. The summed E-state index contributed by atoms with van der Waals surface area (Å²) in [5.74, 6) is 0.327. The molecule has 4 rings (SSSR count). The topological polar surface area (TPSA) is 86.1 Å². The number of Topliss-reactive ketones (excluding diaryl/α,β-unsaturated/α-hetero) is 1. The van der Waals surface area contributed by atoms with Crippen molar-refractivity contribution in [2.45, 2.75) is 32.0 Å². The van der Waals surface area contributed by atoms with Crippen molar-refractivity contribution < 1.29 is 14.3 Å². The van der Waals surface area contributed by atoms with Crippen LogP contribution < -0.4 is 10.1 Å². The van der Waals surface area contributed by atoms with E-state index in [9.17, 15) is 9.59 Å². The Morgan fingerprint density at radius 3 is 2.83 bits per heavy atom. The van der Waals surface area contributed by atoms with Crippen molar-refractivity contribution in [3.63, 3.8) is 0 Å². The number of ether oxygens (including phenoxy) is 1. The van der Waals surface area contributed by atoms with Crippen molar-refractivity contribution in [3.05, 3.63) is 76.6 Å². The van der Waals surface area contributed by atoms with Crippen LogP contribution in [-0.2, 0) is 17.9 Å². The number of aryl methyl sites for hydroxylation is 1. The molecule has 0 fully saturated rings. The van der Waals surface area contributed by atoms with Gasteiger partial charge in [0.15, 0.2) is 5.78 Å². The maximum Gasteiger partial charge on any atom is 0.222 e. The molecule has 0 saturated carbocycles. The van der Waals surface area contributed by atoms with Gasteiger partial charge in [-0.2, -0.15) is 0 Å². The van der Waals surface area contributed by atoms with Crippen LogP contribution in [0, 0.1) is 0 Å². The van der Waals surface area contributed by atoms with Crippen LogP contribution in [0.25, 0.3) is 0 Å². The van der Waals surface area contributed by atoms with Crippen LogP contribution in [0.15, 0.2) is 54.7 Å². The molecule has 1 amide bonds. The summed E-state index contributed by atoms with van der Waals surface area (Å²) in [5.41, 5.74) is 1.96. The zero-order valence-corrected chi connectivity index (χ0v) is 16.3. The number of amides is 1. The Balaban J connectivity index is 1.63. The molecule has 29 heavy (non-hydrogen) atoms. The molecule has 148 valence electrons. The minimum Gasteiger partial charge on any atom is -0.487 e. The summed E-state index contributed by atoms with van der Waals surface area (Å²) in [6, 6.07) is 13.6. The molecule has 1 aliphatic heterocycles. The third kappa shape index (κ3) is 4.63. The number of fused-ring (bicyclic) bond motifs is 3. The van der Waals surface area contributed by atoms with Gasteiger partial charge in [0, 0.05) is 29.0 Å². The van der Waals surface area contributed by atoms with Crippen LogP contribution in [0.5, 0.6) is 5.75 Å². The summed E-state index contributed by atoms with van der Waals surface area (Å²) < 4.78 is 7.54. The second kappa shape index (κ2) is 8.45. The molecular formula is C21H19ClN4O3. The highest BCUT2D eigenvalue weighted by Gasteiger charge is 2.23. The van der Waals surface area contributed by atoms with Gasteiger partial charge in [0.25, 0.3) is 0 Å². The molecule has 2 aromatic carbocycles. The van der Waals surface area contributed by atoms with Gasteiger partial charge in [-0.25, -0.2) is 0 Å². The predicted octanol–water partition coefficient (Wildman–Crippen LogP) is 3.34. The number of nitrogens with one attached hydrogen (secondary N) is 1. The molecule has 1 atom stereocenters. The third-order valence-corrected chi connectivity index (χ3v) is 4.97. The van der Waals surface area contributed by atoms with Gasteiger partial charge >= 0.3 is 0 Å². The van der Waals surface area contributed by atoms with E-state index in [4.69, 9.17) is 16.3 Å². The first-order chi connectivity index (χ1) is 14.1. The number of carbonyl (C=O) groups excluding carboxylic acids is 2. The molecule has 3 aromatic rings. The molecule has 0 saturated heterocycles. The van der Waals surface area contributed by atoms with Crippen molar-refractivity contribution in [2.75, 3.05) is 0 Å². The summed E-state index contributed by atoms with van der Waals surface area (Å²) in [5, 5.41) is 11.6. The Labute approximate surface area is 172 Å². The maximum absolute atomic E-state index is 12.8. The molecule has 0 spiro atoms. The van der Waals surface area contributed by atoms with Gasteiger partial charge in [0.05, 0.1) is 18.8 Å². The minimum atomic E-state index is -0.517. The molecule has 1 aromatic heterocycles. The zero-order valence-electron chi connectivity index (χ0n) is 15.5. The molecule has 2 heterocycles. The van der Waals surface area contributed by atoms with Crippen molar-refractivity contribution in [3.8, 4) is 5.75 Å². The summed E-state index contributed by atoms with van der Waals surface area (Å²) in [6.45, 7) is 0.654. The summed E-state index contributed by atoms with van der Waals surface area (Å²) in [4.78, 5) is 25.4. The summed E-state index contributed by atoms with van der Waals surface area (Å²) in [7, 11) is 0. The molecular weight excluding hydrogens is 392 g/mol. The number of halogens is 1. The lowest BCUT2D eigenvalue weighted by Crippen LogP contribution is -2.31. The van der Waals surface area contributed by atoms with E-state index < -0.39 is 6.04 Å². The Bertz CT molecular complexity index is 1030. The Morgan fingerprint density at radius 1 is 1.21 bits per heavy atom. The average molecular weight is 411 g/mol. The van der Waals surface area contributed by atoms with E-state index in [1.165, 1.54) is 0 Å².